The SMILES string of the molecule is CC(O)CC(C)CNC(=O)CN(C)Cc1ccccc1. The smallest absolute Gasteiger partial charge is 0.234 e. The van der Waals surface area contributed by atoms with Crippen LogP contribution in [0.3, 0.4) is 0 Å². The maximum atomic E-state index is 11.8. The van der Waals surface area contributed by atoms with Crippen LogP contribution in [0, 0.1) is 5.92 Å². The topological polar surface area (TPSA) is 52.6 Å². The fourth-order valence-electron chi connectivity index (χ4n) is 2.21. The Morgan fingerprint density at radius 1 is 1.30 bits per heavy atom. The molecule has 0 radical (unpaired) electrons. The van der Waals surface area contributed by atoms with Crippen LogP contribution in [-0.2, 0) is 11.3 Å². The molecule has 0 aromatic heterocycles. The quantitative estimate of drug-likeness (QED) is 0.760. The van der Waals surface area contributed by atoms with Crippen LogP contribution in [-0.4, -0.2) is 42.2 Å². The molecule has 1 aromatic carbocycles. The van der Waals surface area contributed by atoms with Crippen molar-refractivity contribution >= 4 is 5.91 Å². The molecule has 1 amide bonds. The van der Waals surface area contributed by atoms with Crippen molar-refractivity contribution in [3.63, 3.8) is 0 Å². The van der Waals surface area contributed by atoms with Crippen LogP contribution in [0.1, 0.15) is 25.8 Å². The molecule has 1 rings (SSSR count). The molecule has 0 fully saturated rings. The predicted octanol–water partition coefficient (Wildman–Crippen LogP) is 1.64. The number of likely N-dealkylation sites (N-methyl/N-ethyl adjacent to an activating group) is 1. The van der Waals surface area contributed by atoms with E-state index in [1.54, 1.807) is 6.92 Å². The number of nitrogens with zero attached hydrogens (tertiary/aromatic N) is 1. The highest BCUT2D eigenvalue weighted by Crippen LogP contribution is 2.04. The van der Waals surface area contributed by atoms with Gasteiger partial charge in [-0.1, -0.05) is 37.3 Å². The fourth-order valence-corrected chi connectivity index (χ4v) is 2.21. The number of aliphatic hydroxyl groups excluding tert-OH is 1. The van der Waals surface area contributed by atoms with Crippen molar-refractivity contribution in [2.75, 3.05) is 20.1 Å². The number of hydrogen-bond donors (Lipinski definition) is 2. The third kappa shape index (κ3) is 7.26. The number of carbonyl (C=O) groups excluding carboxylic acids is 1. The summed E-state index contributed by atoms with van der Waals surface area (Å²) in [6.45, 7) is 5.56. The Hall–Kier alpha value is -1.39. The number of aliphatic hydroxyl groups is 1. The van der Waals surface area contributed by atoms with Gasteiger partial charge in [0, 0.05) is 13.1 Å². The maximum absolute atomic E-state index is 11.8. The van der Waals surface area contributed by atoms with Crippen LogP contribution in [0.4, 0.5) is 0 Å². The summed E-state index contributed by atoms with van der Waals surface area (Å²) in [5.41, 5.74) is 1.20. The average molecular weight is 278 g/mol. The maximum Gasteiger partial charge on any atom is 0.234 e. The van der Waals surface area contributed by atoms with Crippen LogP contribution in [0.5, 0.6) is 0 Å². The fraction of sp³-hybridized carbons (Fsp3) is 0.562. The van der Waals surface area contributed by atoms with Gasteiger partial charge in [-0.15, -0.1) is 0 Å². The zero-order valence-electron chi connectivity index (χ0n) is 12.7. The molecule has 4 heteroatoms. The van der Waals surface area contributed by atoms with Crippen molar-refractivity contribution in [2.45, 2.75) is 32.9 Å². The van der Waals surface area contributed by atoms with Gasteiger partial charge in [-0.2, -0.15) is 0 Å². The van der Waals surface area contributed by atoms with Gasteiger partial charge in [-0.3, -0.25) is 9.69 Å². The third-order valence-corrected chi connectivity index (χ3v) is 3.10. The molecule has 0 aliphatic rings. The van der Waals surface area contributed by atoms with Gasteiger partial charge < -0.3 is 10.4 Å². The largest absolute Gasteiger partial charge is 0.393 e. The van der Waals surface area contributed by atoms with E-state index in [2.05, 4.69) is 17.4 Å². The van der Waals surface area contributed by atoms with Gasteiger partial charge >= 0.3 is 0 Å². The van der Waals surface area contributed by atoms with E-state index in [1.165, 1.54) is 5.56 Å². The molecule has 112 valence electrons. The Labute approximate surface area is 121 Å². The van der Waals surface area contributed by atoms with Gasteiger partial charge in [-0.05, 0) is 31.9 Å². The highest BCUT2D eigenvalue weighted by molar-refractivity contribution is 5.77. The number of amides is 1. The molecule has 1 aromatic rings. The predicted molar refractivity (Wildman–Crippen MR) is 81.2 cm³/mol. The lowest BCUT2D eigenvalue weighted by molar-refractivity contribution is -0.122. The summed E-state index contributed by atoms with van der Waals surface area (Å²) in [7, 11) is 1.94. The van der Waals surface area contributed by atoms with Gasteiger partial charge in [0.05, 0.1) is 12.6 Å². The Bertz CT molecular complexity index is 393. The van der Waals surface area contributed by atoms with Crippen LogP contribution in [0.2, 0.25) is 0 Å². The summed E-state index contributed by atoms with van der Waals surface area (Å²) in [6, 6.07) is 10.1. The summed E-state index contributed by atoms with van der Waals surface area (Å²) >= 11 is 0. The highest BCUT2D eigenvalue weighted by atomic mass is 16.3. The molecular weight excluding hydrogens is 252 g/mol. The van der Waals surface area contributed by atoms with E-state index < -0.39 is 0 Å². The van der Waals surface area contributed by atoms with Crippen LogP contribution >= 0.6 is 0 Å². The first-order valence-electron chi connectivity index (χ1n) is 7.14. The number of rotatable bonds is 8. The molecule has 2 unspecified atom stereocenters. The van der Waals surface area contributed by atoms with E-state index in [4.69, 9.17) is 0 Å². The van der Waals surface area contributed by atoms with Gasteiger partial charge in [0.1, 0.15) is 0 Å². The lowest BCUT2D eigenvalue weighted by Gasteiger charge is -2.18. The first kappa shape index (κ1) is 16.7. The molecule has 0 saturated carbocycles. The second kappa shape index (κ2) is 8.72. The Balaban J connectivity index is 2.24. The molecule has 0 heterocycles. The number of nitrogens with one attached hydrogen (secondary N) is 1. The zero-order valence-corrected chi connectivity index (χ0v) is 12.7. The monoisotopic (exact) mass is 278 g/mol. The van der Waals surface area contributed by atoms with E-state index in [0.29, 0.717) is 25.4 Å². The molecule has 20 heavy (non-hydrogen) atoms. The van der Waals surface area contributed by atoms with Crippen molar-refractivity contribution in [3.8, 4) is 0 Å². The van der Waals surface area contributed by atoms with Crippen LogP contribution < -0.4 is 5.32 Å². The zero-order chi connectivity index (χ0) is 15.0. The second-order valence-corrected chi connectivity index (χ2v) is 5.65. The number of benzene rings is 1. The summed E-state index contributed by atoms with van der Waals surface area (Å²) in [6.07, 6.45) is 0.391. The van der Waals surface area contributed by atoms with Crippen LogP contribution in [0.25, 0.3) is 0 Å². The number of hydrogen-bond acceptors (Lipinski definition) is 3. The number of carbonyl (C=O) groups is 1. The molecule has 2 N–H and O–H groups in total. The molecule has 0 aliphatic heterocycles. The normalized spacial score (nSPS) is 14.1. The van der Waals surface area contributed by atoms with Crippen molar-refractivity contribution < 1.29 is 9.90 Å². The minimum absolute atomic E-state index is 0.0286. The van der Waals surface area contributed by atoms with E-state index in [0.717, 1.165) is 6.54 Å². The lowest BCUT2D eigenvalue weighted by atomic mass is 10.0. The minimum Gasteiger partial charge on any atom is -0.393 e. The summed E-state index contributed by atoms with van der Waals surface area (Å²) in [5.74, 6) is 0.319. The Morgan fingerprint density at radius 2 is 1.95 bits per heavy atom. The van der Waals surface area contributed by atoms with E-state index >= 15 is 0 Å². The van der Waals surface area contributed by atoms with Crippen LogP contribution in [0.15, 0.2) is 30.3 Å². The van der Waals surface area contributed by atoms with Gasteiger partial charge in [0.15, 0.2) is 0 Å². The molecule has 0 saturated heterocycles. The van der Waals surface area contributed by atoms with E-state index in [9.17, 15) is 9.90 Å². The van der Waals surface area contributed by atoms with Gasteiger partial charge in [-0.25, -0.2) is 0 Å². The van der Waals surface area contributed by atoms with Gasteiger partial charge in [0.25, 0.3) is 0 Å². The van der Waals surface area contributed by atoms with Crippen molar-refractivity contribution in [2.24, 2.45) is 5.92 Å². The highest BCUT2D eigenvalue weighted by Gasteiger charge is 2.10. The van der Waals surface area contributed by atoms with Crippen molar-refractivity contribution in [1.82, 2.24) is 10.2 Å². The molecular formula is C16H26N2O2. The molecule has 2 atom stereocenters. The van der Waals surface area contributed by atoms with Crippen molar-refractivity contribution in [3.05, 3.63) is 35.9 Å². The summed E-state index contributed by atoms with van der Waals surface area (Å²) < 4.78 is 0. The van der Waals surface area contributed by atoms with Gasteiger partial charge in [0.2, 0.25) is 5.91 Å². The second-order valence-electron chi connectivity index (χ2n) is 5.65. The third-order valence-electron chi connectivity index (χ3n) is 3.10. The standard InChI is InChI=1S/C16H26N2O2/c1-13(9-14(2)19)10-17-16(20)12-18(3)11-15-7-5-4-6-8-15/h4-8,13-14,19H,9-12H2,1-3H3,(H,17,20). The summed E-state index contributed by atoms with van der Waals surface area (Å²) in [4.78, 5) is 13.8. The average Bonchev–Trinajstić information content (AvgIpc) is 2.36. The molecule has 4 nitrogen and oxygen atoms in total. The molecule has 0 bridgehead atoms. The lowest BCUT2D eigenvalue weighted by Crippen LogP contribution is -2.37. The summed E-state index contributed by atoms with van der Waals surface area (Å²) in [5, 5.41) is 12.2. The molecule has 0 spiro atoms. The Kier molecular flexibility index (Phi) is 7.26. The van der Waals surface area contributed by atoms with Crippen molar-refractivity contribution in [1.29, 1.82) is 0 Å². The Morgan fingerprint density at radius 3 is 2.55 bits per heavy atom. The minimum atomic E-state index is -0.317. The van der Waals surface area contributed by atoms with E-state index in [-0.39, 0.29) is 12.0 Å². The van der Waals surface area contributed by atoms with E-state index in [1.807, 2.05) is 37.1 Å². The first-order chi connectivity index (χ1) is 9.47. The first-order valence-corrected chi connectivity index (χ1v) is 7.14. The molecule has 0 aliphatic carbocycles.